The van der Waals surface area contributed by atoms with Crippen LogP contribution in [0.3, 0.4) is 0 Å². The van der Waals surface area contributed by atoms with Gasteiger partial charge in [0.05, 0.1) is 10.7 Å². The molecule has 3 rings (SSSR count). The molecule has 1 amide bonds. The molecule has 7 heteroatoms. The SMILES string of the molecule is CCC[C@H]1CN(Cc2csc(C)n2)C[C@@H]1NC(=O)C1CCOCC1.Cl. The predicted molar refractivity (Wildman–Crippen MR) is 103 cm³/mol. The monoisotopic (exact) mass is 387 g/mol. The van der Waals surface area contributed by atoms with Gasteiger partial charge in [-0.1, -0.05) is 13.3 Å². The molecule has 1 N–H and O–H groups in total. The van der Waals surface area contributed by atoms with Crippen molar-refractivity contribution >= 4 is 29.7 Å². The molecular weight excluding hydrogens is 358 g/mol. The van der Waals surface area contributed by atoms with Gasteiger partial charge in [0, 0.05) is 50.2 Å². The Bertz CT molecular complexity index is 548. The summed E-state index contributed by atoms with van der Waals surface area (Å²) in [6.07, 6.45) is 4.06. The maximum atomic E-state index is 12.6. The summed E-state index contributed by atoms with van der Waals surface area (Å²) in [5.41, 5.74) is 1.16. The molecule has 1 aromatic rings. The minimum Gasteiger partial charge on any atom is -0.381 e. The van der Waals surface area contributed by atoms with E-state index in [9.17, 15) is 4.79 Å². The molecular formula is C18H30ClN3O2S. The summed E-state index contributed by atoms with van der Waals surface area (Å²) < 4.78 is 5.37. The second kappa shape index (κ2) is 9.86. The highest BCUT2D eigenvalue weighted by molar-refractivity contribution is 7.09. The first kappa shape index (κ1) is 20.6. The zero-order valence-corrected chi connectivity index (χ0v) is 16.8. The van der Waals surface area contributed by atoms with Gasteiger partial charge in [0.1, 0.15) is 0 Å². The molecule has 0 saturated carbocycles. The van der Waals surface area contributed by atoms with Crippen LogP contribution >= 0.6 is 23.7 Å². The van der Waals surface area contributed by atoms with Crippen molar-refractivity contribution in [2.24, 2.45) is 11.8 Å². The van der Waals surface area contributed by atoms with E-state index in [1.165, 1.54) is 6.42 Å². The largest absolute Gasteiger partial charge is 0.381 e. The lowest BCUT2D eigenvalue weighted by Crippen LogP contribution is -2.44. The highest BCUT2D eigenvalue weighted by Gasteiger charge is 2.34. The van der Waals surface area contributed by atoms with Crippen LogP contribution in [0.15, 0.2) is 5.38 Å². The predicted octanol–water partition coefficient (Wildman–Crippen LogP) is 3.02. The van der Waals surface area contributed by atoms with Crippen LogP contribution in [0.1, 0.15) is 43.3 Å². The molecule has 0 radical (unpaired) electrons. The number of halogens is 1. The van der Waals surface area contributed by atoms with Gasteiger partial charge >= 0.3 is 0 Å². The lowest BCUT2D eigenvalue weighted by Gasteiger charge is -2.25. The fourth-order valence-electron chi connectivity index (χ4n) is 3.89. The number of rotatable bonds is 6. The zero-order valence-electron chi connectivity index (χ0n) is 15.2. The van der Waals surface area contributed by atoms with Crippen LogP contribution in [0.5, 0.6) is 0 Å². The second-order valence-electron chi connectivity index (χ2n) is 7.10. The normalized spacial score (nSPS) is 24.9. The molecule has 2 aliphatic rings. The number of ether oxygens (including phenoxy) is 1. The van der Waals surface area contributed by atoms with Gasteiger partial charge in [-0.25, -0.2) is 4.98 Å². The Morgan fingerprint density at radius 2 is 2.16 bits per heavy atom. The molecule has 2 saturated heterocycles. The lowest BCUT2D eigenvalue weighted by molar-refractivity contribution is -0.128. The Labute approximate surface area is 160 Å². The summed E-state index contributed by atoms with van der Waals surface area (Å²) in [6.45, 7) is 8.61. The third kappa shape index (κ3) is 5.64. The van der Waals surface area contributed by atoms with Crippen LogP contribution < -0.4 is 5.32 Å². The van der Waals surface area contributed by atoms with Crippen molar-refractivity contribution in [2.45, 2.75) is 52.1 Å². The van der Waals surface area contributed by atoms with Gasteiger partial charge in [-0.15, -0.1) is 23.7 Å². The molecule has 5 nitrogen and oxygen atoms in total. The first-order chi connectivity index (χ1) is 11.7. The van der Waals surface area contributed by atoms with Crippen molar-refractivity contribution in [1.29, 1.82) is 0 Å². The van der Waals surface area contributed by atoms with Crippen LogP contribution in [0.4, 0.5) is 0 Å². The van der Waals surface area contributed by atoms with Gasteiger partial charge in [0.2, 0.25) is 5.91 Å². The fraction of sp³-hybridized carbons (Fsp3) is 0.778. The van der Waals surface area contributed by atoms with Gasteiger partial charge in [0.25, 0.3) is 0 Å². The van der Waals surface area contributed by atoms with E-state index >= 15 is 0 Å². The van der Waals surface area contributed by atoms with E-state index < -0.39 is 0 Å². The van der Waals surface area contributed by atoms with Crippen molar-refractivity contribution in [2.75, 3.05) is 26.3 Å². The Hall–Kier alpha value is -0.690. The van der Waals surface area contributed by atoms with E-state index in [-0.39, 0.29) is 30.3 Å². The van der Waals surface area contributed by atoms with Gasteiger partial charge in [-0.3, -0.25) is 9.69 Å². The van der Waals surface area contributed by atoms with Crippen LogP contribution in [0, 0.1) is 18.8 Å². The number of aryl methyl sites for hydroxylation is 1. The summed E-state index contributed by atoms with van der Waals surface area (Å²) in [7, 11) is 0. The van der Waals surface area contributed by atoms with Crippen molar-refractivity contribution in [3.8, 4) is 0 Å². The zero-order chi connectivity index (χ0) is 16.9. The van der Waals surface area contributed by atoms with E-state index in [0.717, 1.165) is 62.8 Å². The highest BCUT2D eigenvalue weighted by atomic mass is 35.5. The molecule has 3 heterocycles. The molecule has 2 atom stereocenters. The minimum absolute atomic E-state index is 0. The highest BCUT2D eigenvalue weighted by Crippen LogP contribution is 2.25. The second-order valence-corrected chi connectivity index (χ2v) is 8.16. The molecule has 0 aliphatic carbocycles. The molecule has 0 bridgehead atoms. The Morgan fingerprint density at radius 3 is 2.80 bits per heavy atom. The maximum Gasteiger partial charge on any atom is 0.223 e. The van der Waals surface area contributed by atoms with Crippen LogP contribution in [0.2, 0.25) is 0 Å². The number of amides is 1. The summed E-state index contributed by atoms with van der Waals surface area (Å²) in [6, 6.07) is 0.278. The third-order valence-electron chi connectivity index (χ3n) is 5.15. The number of hydrogen-bond acceptors (Lipinski definition) is 5. The average Bonchev–Trinajstić information content (AvgIpc) is 3.15. The van der Waals surface area contributed by atoms with E-state index in [4.69, 9.17) is 4.74 Å². The maximum absolute atomic E-state index is 12.6. The summed E-state index contributed by atoms with van der Waals surface area (Å²) in [5, 5.41) is 6.63. The van der Waals surface area contributed by atoms with Gasteiger partial charge in [-0.2, -0.15) is 0 Å². The number of carbonyl (C=O) groups is 1. The lowest BCUT2D eigenvalue weighted by atomic mass is 9.95. The molecule has 0 unspecified atom stereocenters. The average molecular weight is 388 g/mol. The summed E-state index contributed by atoms with van der Waals surface area (Å²) in [4.78, 5) is 19.6. The molecule has 2 fully saturated rings. The first-order valence-corrected chi connectivity index (χ1v) is 10.0. The number of nitrogens with zero attached hydrogens (tertiary/aromatic N) is 2. The van der Waals surface area contributed by atoms with Gasteiger partial charge < -0.3 is 10.1 Å². The van der Waals surface area contributed by atoms with Crippen LogP contribution in [0.25, 0.3) is 0 Å². The van der Waals surface area contributed by atoms with E-state index in [0.29, 0.717) is 5.92 Å². The van der Waals surface area contributed by atoms with Crippen molar-refractivity contribution in [3.05, 3.63) is 16.1 Å². The number of thiazole rings is 1. The fourth-order valence-corrected chi connectivity index (χ4v) is 4.49. The number of carbonyl (C=O) groups excluding carboxylic acids is 1. The van der Waals surface area contributed by atoms with Crippen molar-refractivity contribution < 1.29 is 9.53 Å². The minimum atomic E-state index is 0. The van der Waals surface area contributed by atoms with Crippen LogP contribution in [-0.2, 0) is 16.1 Å². The van der Waals surface area contributed by atoms with Crippen molar-refractivity contribution in [3.63, 3.8) is 0 Å². The van der Waals surface area contributed by atoms with Crippen LogP contribution in [-0.4, -0.2) is 48.1 Å². The quantitative estimate of drug-likeness (QED) is 0.815. The Morgan fingerprint density at radius 1 is 1.40 bits per heavy atom. The number of hydrogen-bond donors (Lipinski definition) is 1. The summed E-state index contributed by atoms with van der Waals surface area (Å²) in [5.74, 6) is 0.922. The molecule has 2 aliphatic heterocycles. The smallest absolute Gasteiger partial charge is 0.223 e. The van der Waals surface area contributed by atoms with Crippen molar-refractivity contribution in [1.82, 2.24) is 15.2 Å². The van der Waals surface area contributed by atoms with Gasteiger partial charge in [0.15, 0.2) is 0 Å². The molecule has 0 spiro atoms. The van der Waals surface area contributed by atoms with E-state index in [1.54, 1.807) is 11.3 Å². The third-order valence-corrected chi connectivity index (χ3v) is 5.97. The number of likely N-dealkylation sites (tertiary alicyclic amines) is 1. The molecule has 142 valence electrons. The van der Waals surface area contributed by atoms with Gasteiger partial charge in [-0.05, 0) is 32.1 Å². The topological polar surface area (TPSA) is 54.5 Å². The number of nitrogens with one attached hydrogen (secondary N) is 1. The molecule has 1 aromatic heterocycles. The number of aromatic nitrogens is 1. The molecule has 25 heavy (non-hydrogen) atoms. The Balaban J connectivity index is 0.00000225. The van der Waals surface area contributed by atoms with E-state index in [1.807, 2.05) is 0 Å². The molecule has 0 aromatic carbocycles. The Kier molecular flexibility index (Phi) is 8.13. The standard InChI is InChI=1S/C18H29N3O2S.ClH/c1-3-4-15-9-21(10-16-12-24-13(2)19-16)11-17(15)20-18(22)14-5-7-23-8-6-14;/h12,14-15,17H,3-11H2,1-2H3,(H,20,22);1H/t15-,17-;/m0./s1. The summed E-state index contributed by atoms with van der Waals surface area (Å²) >= 11 is 1.71. The van der Waals surface area contributed by atoms with E-state index in [2.05, 4.69) is 34.4 Å². The first-order valence-electron chi connectivity index (χ1n) is 9.17.